The molecule has 1 saturated carbocycles. The van der Waals surface area contributed by atoms with Crippen LogP contribution >= 0.6 is 11.6 Å². The molecular formula is C10H11ClN2O5S. The summed E-state index contributed by atoms with van der Waals surface area (Å²) in [7, 11) is -3.40. The maximum atomic E-state index is 11.7. The Bertz CT molecular complexity index is 600. The fourth-order valence-electron chi connectivity index (χ4n) is 1.33. The van der Waals surface area contributed by atoms with Crippen molar-refractivity contribution in [2.24, 2.45) is 0 Å². The summed E-state index contributed by atoms with van der Waals surface area (Å²) in [6, 6.07) is 2.73. The van der Waals surface area contributed by atoms with Crippen LogP contribution in [-0.4, -0.2) is 36.3 Å². The summed E-state index contributed by atoms with van der Waals surface area (Å²) in [5, 5.41) is 8.00. The molecule has 2 rings (SSSR count). The molecule has 0 spiro atoms. The number of nitrogens with one attached hydrogen (secondary N) is 1. The molecule has 0 aliphatic heterocycles. The van der Waals surface area contributed by atoms with Gasteiger partial charge in [0.1, 0.15) is 5.82 Å². The SMILES string of the molecule is O=C(O)COc1ccc(NS(=O)(=O)C2CC2)nc1Cl. The van der Waals surface area contributed by atoms with Crippen LogP contribution in [-0.2, 0) is 14.8 Å². The minimum Gasteiger partial charge on any atom is -0.479 e. The van der Waals surface area contributed by atoms with Gasteiger partial charge in [-0.25, -0.2) is 18.2 Å². The topological polar surface area (TPSA) is 106 Å². The van der Waals surface area contributed by atoms with Crippen LogP contribution in [0.15, 0.2) is 12.1 Å². The summed E-state index contributed by atoms with van der Waals surface area (Å²) in [6.45, 7) is -0.547. The number of hydrogen-bond donors (Lipinski definition) is 2. The Morgan fingerprint density at radius 2 is 2.21 bits per heavy atom. The number of halogens is 1. The second-order valence-electron chi connectivity index (χ2n) is 4.01. The lowest BCUT2D eigenvalue weighted by Gasteiger charge is -2.09. The number of aromatic nitrogens is 1. The number of carboxylic acid groups (broad SMARTS) is 1. The zero-order valence-electron chi connectivity index (χ0n) is 9.67. The lowest BCUT2D eigenvalue weighted by molar-refractivity contribution is -0.139. The first-order chi connectivity index (χ1) is 8.88. The number of sulfonamides is 1. The number of aliphatic carboxylic acids is 1. The first kappa shape index (κ1) is 13.9. The quantitative estimate of drug-likeness (QED) is 0.762. The average Bonchev–Trinajstić information content (AvgIpc) is 3.11. The standard InChI is InChI=1S/C10H11ClN2O5S/c11-10-7(18-5-9(14)15)3-4-8(12-10)13-19(16,17)6-1-2-6/h3-4,6H,1-2,5H2,(H,12,13)(H,14,15). The van der Waals surface area contributed by atoms with Crippen molar-refractivity contribution in [2.75, 3.05) is 11.3 Å². The molecule has 1 aromatic heterocycles. The molecule has 1 aromatic rings. The van der Waals surface area contributed by atoms with Crippen molar-refractivity contribution in [1.82, 2.24) is 4.98 Å². The number of rotatable bonds is 6. The molecule has 0 amide bonds. The number of ether oxygens (including phenoxy) is 1. The second-order valence-corrected chi connectivity index (χ2v) is 6.33. The van der Waals surface area contributed by atoms with Crippen LogP contribution in [0.5, 0.6) is 5.75 Å². The third-order valence-corrected chi connectivity index (χ3v) is 4.49. The molecule has 1 fully saturated rings. The maximum absolute atomic E-state index is 11.7. The summed E-state index contributed by atoms with van der Waals surface area (Å²) in [5.74, 6) is -0.979. The molecule has 7 nitrogen and oxygen atoms in total. The molecule has 0 unspecified atom stereocenters. The molecular weight excluding hydrogens is 296 g/mol. The molecule has 1 heterocycles. The van der Waals surface area contributed by atoms with Crippen LogP contribution in [0.25, 0.3) is 0 Å². The van der Waals surface area contributed by atoms with E-state index < -0.39 is 22.6 Å². The molecule has 19 heavy (non-hydrogen) atoms. The van der Waals surface area contributed by atoms with Crippen LogP contribution in [0, 0.1) is 0 Å². The van der Waals surface area contributed by atoms with Gasteiger partial charge in [-0.1, -0.05) is 11.6 Å². The molecule has 2 N–H and O–H groups in total. The first-order valence-electron chi connectivity index (χ1n) is 5.41. The van der Waals surface area contributed by atoms with Gasteiger partial charge in [0.15, 0.2) is 17.5 Å². The Balaban J connectivity index is 2.08. The molecule has 0 saturated heterocycles. The molecule has 0 bridgehead atoms. The van der Waals surface area contributed by atoms with Gasteiger partial charge in [0.25, 0.3) is 0 Å². The Hall–Kier alpha value is -1.54. The molecule has 0 radical (unpaired) electrons. The highest BCUT2D eigenvalue weighted by Crippen LogP contribution is 2.30. The Kier molecular flexibility index (Phi) is 3.81. The van der Waals surface area contributed by atoms with E-state index in [9.17, 15) is 13.2 Å². The van der Waals surface area contributed by atoms with Gasteiger partial charge < -0.3 is 9.84 Å². The van der Waals surface area contributed by atoms with Gasteiger partial charge in [-0.3, -0.25) is 4.72 Å². The molecule has 1 aliphatic rings. The van der Waals surface area contributed by atoms with E-state index in [2.05, 4.69) is 9.71 Å². The Morgan fingerprint density at radius 3 is 2.74 bits per heavy atom. The van der Waals surface area contributed by atoms with Crippen LogP contribution in [0.3, 0.4) is 0 Å². The van der Waals surface area contributed by atoms with Crippen molar-refractivity contribution >= 4 is 33.4 Å². The normalized spacial score (nSPS) is 15.0. The fraction of sp³-hybridized carbons (Fsp3) is 0.400. The molecule has 0 atom stereocenters. The van der Waals surface area contributed by atoms with Crippen molar-refractivity contribution < 1.29 is 23.1 Å². The number of anilines is 1. The summed E-state index contributed by atoms with van der Waals surface area (Å²) >= 11 is 5.77. The van der Waals surface area contributed by atoms with Crippen LogP contribution in [0.4, 0.5) is 5.82 Å². The molecule has 0 aromatic carbocycles. The Labute approximate surface area is 114 Å². The number of hydrogen-bond acceptors (Lipinski definition) is 5. The van der Waals surface area contributed by atoms with Crippen molar-refractivity contribution in [3.05, 3.63) is 17.3 Å². The van der Waals surface area contributed by atoms with Gasteiger partial charge in [0, 0.05) is 0 Å². The monoisotopic (exact) mass is 306 g/mol. The van der Waals surface area contributed by atoms with Gasteiger partial charge in [0.2, 0.25) is 10.0 Å². The van der Waals surface area contributed by atoms with E-state index in [0.717, 1.165) is 0 Å². The fourth-order valence-corrected chi connectivity index (χ4v) is 2.87. The van der Waals surface area contributed by atoms with Crippen LogP contribution < -0.4 is 9.46 Å². The zero-order valence-corrected chi connectivity index (χ0v) is 11.2. The zero-order chi connectivity index (χ0) is 14.0. The van der Waals surface area contributed by atoms with Crippen molar-refractivity contribution in [3.63, 3.8) is 0 Å². The van der Waals surface area contributed by atoms with Crippen molar-refractivity contribution in [2.45, 2.75) is 18.1 Å². The summed E-state index contributed by atoms with van der Waals surface area (Å²) < 4.78 is 30.5. The third kappa shape index (κ3) is 3.71. The van der Waals surface area contributed by atoms with E-state index in [1.165, 1.54) is 12.1 Å². The van der Waals surface area contributed by atoms with Crippen LogP contribution in [0.2, 0.25) is 5.15 Å². The van der Waals surface area contributed by atoms with Crippen molar-refractivity contribution in [3.8, 4) is 5.75 Å². The van der Waals surface area contributed by atoms with E-state index in [0.29, 0.717) is 12.8 Å². The number of carboxylic acids is 1. The van der Waals surface area contributed by atoms with Crippen LogP contribution in [0.1, 0.15) is 12.8 Å². The van der Waals surface area contributed by atoms with E-state index in [-0.39, 0.29) is 22.0 Å². The smallest absolute Gasteiger partial charge is 0.341 e. The Morgan fingerprint density at radius 1 is 1.53 bits per heavy atom. The highest BCUT2D eigenvalue weighted by molar-refractivity contribution is 7.93. The van der Waals surface area contributed by atoms with E-state index in [1.54, 1.807) is 0 Å². The summed E-state index contributed by atoms with van der Waals surface area (Å²) in [6.07, 6.45) is 1.28. The predicted octanol–water partition coefficient (Wildman–Crippen LogP) is 1.10. The number of nitrogens with zero attached hydrogens (tertiary/aromatic N) is 1. The number of carbonyl (C=O) groups is 1. The number of pyridine rings is 1. The molecule has 104 valence electrons. The minimum atomic E-state index is -3.40. The van der Waals surface area contributed by atoms with E-state index >= 15 is 0 Å². The lowest BCUT2D eigenvalue weighted by Crippen LogP contribution is -2.18. The average molecular weight is 307 g/mol. The highest BCUT2D eigenvalue weighted by atomic mass is 35.5. The van der Waals surface area contributed by atoms with Gasteiger partial charge in [-0.05, 0) is 25.0 Å². The lowest BCUT2D eigenvalue weighted by atomic mass is 10.4. The highest BCUT2D eigenvalue weighted by Gasteiger charge is 2.36. The van der Waals surface area contributed by atoms with E-state index in [1.807, 2.05) is 0 Å². The van der Waals surface area contributed by atoms with Gasteiger partial charge in [-0.15, -0.1) is 0 Å². The van der Waals surface area contributed by atoms with Gasteiger partial charge in [0.05, 0.1) is 5.25 Å². The largest absolute Gasteiger partial charge is 0.479 e. The second kappa shape index (κ2) is 5.22. The first-order valence-corrected chi connectivity index (χ1v) is 7.33. The molecule has 9 heteroatoms. The summed E-state index contributed by atoms with van der Waals surface area (Å²) in [5.41, 5.74) is 0. The molecule has 1 aliphatic carbocycles. The van der Waals surface area contributed by atoms with Crippen molar-refractivity contribution in [1.29, 1.82) is 0 Å². The van der Waals surface area contributed by atoms with Gasteiger partial charge in [-0.2, -0.15) is 0 Å². The maximum Gasteiger partial charge on any atom is 0.341 e. The van der Waals surface area contributed by atoms with E-state index in [4.69, 9.17) is 21.4 Å². The summed E-state index contributed by atoms with van der Waals surface area (Å²) in [4.78, 5) is 14.1. The van der Waals surface area contributed by atoms with Gasteiger partial charge >= 0.3 is 5.97 Å². The minimum absolute atomic E-state index is 0.0819. The third-order valence-electron chi connectivity index (χ3n) is 2.38. The predicted molar refractivity (Wildman–Crippen MR) is 67.9 cm³/mol.